The molecule has 0 bridgehead atoms. The van der Waals surface area contributed by atoms with E-state index < -0.39 is 12.1 Å². The van der Waals surface area contributed by atoms with Gasteiger partial charge >= 0.3 is 5.97 Å². The predicted octanol–water partition coefficient (Wildman–Crippen LogP) is 3.51. The van der Waals surface area contributed by atoms with Crippen molar-refractivity contribution in [1.82, 2.24) is 0 Å². The van der Waals surface area contributed by atoms with Gasteiger partial charge in [-0.1, -0.05) is 41.9 Å². The van der Waals surface area contributed by atoms with Crippen LogP contribution in [0.5, 0.6) is 5.75 Å². The number of hydrogen-bond acceptors (Lipinski definition) is 4. The van der Waals surface area contributed by atoms with Crippen LogP contribution in [0.4, 0.5) is 0 Å². The van der Waals surface area contributed by atoms with E-state index in [-0.39, 0.29) is 11.5 Å². The van der Waals surface area contributed by atoms with Gasteiger partial charge in [-0.25, -0.2) is 4.79 Å². The predicted molar refractivity (Wildman–Crippen MR) is 83.4 cm³/mol. The molecule has 0 saturated carbocycles. The summed E-state index contributed by atoms with van der Waals surface area (Å²) in [5, 5.41) is 0.414. The largest absolute Gasteiger partial charge is 0.478 e. The molecule has 1 atom stereocenters. The van der Waals surface area contributed by atoms with Gasteiger partial charge in [-0.15, -0.1) is 0 Å². The van der Waals surface area contributed by atoms with E-state index in [0.29, 0.717) is 16.1 Å². The first-order valence-electron chi connectivity index (χ1n) is 6.66. The third kappa shape index (κ3) is 3.65. The van der Waals surface area contributed by atoms with Crippen LogP contribution >= 0.6 is 11.6 Å². The lowest BCUT2D eigenvalue weighted by molar-refractivity contribution is -0.147. The van der Waals surface area contributed by atoms with Crippen molar-refractivity contribution in [3.63, 3.8) is 0 Å². The van der Waals surface area contributed by atoms with Crippen molar-refractivity contribution < 1.29 is 19.1 Å². The minimum atomic E-state index is -0.825. The summed E-state index contributed by atoms with van der Waals surface area (Å²) in [7, 11) is 1.28. The summed E-state index contributed by atoms with van der Waals surface area (Å²) in [6.07, 6.45) is -0.825. The normalized spacial score (nSPS) is 11.6. The summed E-state index contributed by atoms with van der Waals surface area (Å²) in [5.74, 6) is -0.459. The molecule has 0 radical (unpaired) electrons. The Kier molecular flexibility index (Phi) is 5.17. The molecule has 0 amide bonds. The Balaban J connectivity index is 2.36. The van der Waals surface area contributed by atoms with Crippen molar-refractivity contribution in [2.45, 2.75) is 13.0 Å². The lowest BCUT2D eigenvalue weighted by Gasteiger charge is -2.15. The molecule has 4 nitrogen and oxygen atoms in total. The molecule has 5 heteroatoms. The lowest BCUT2D eigenvalue weighted by Crippen LogP contribution is -2.25. The molecule has 0 fully saturated rings. The average molecular weight is 319 g/mol. The highest BCUT2D eigenvalue weighted by Crippen LogP contribution is 2.26. The van der Waals surface area contributed by atoms with Crippen LogP contribution < -0.4 is 4.74 Å². The number of ether oxygens (including phenoxy) is 2. The van der Waals surface area contributed by atoms with Crippen LogP contribution in [0.1, 0.15) is 22.8 Å². The Morgan fingerprint density at radius 1 is 1.09 bits per heavy atom. The van der Waals surface area contributed by atoms with Gasteiger partial charge in [0.25, 0.3) is 0 Å². The van der Waals surface area contributed by atoms with Crippen LogP contribution in [0, 0.1) is 0 Å². The van der Waals surface area contributed by atoms with Gasteiger partial charge in [-0.2, -0.15) is 0 Å². The number of methoxy groups -OCH3 is 1. The van der Waals surface area contributed by atoms with Crippen molar-refractivity contribution in [3.8, 4) is 5.75 Å². The van der Waals surface area contributed by atoms with Crippen molar-refractivity contribution in [1.29, 1.82) is 0 Å². The van der Waals surface area contributed by atoms with Gasteiger partial charge in [-0.05, 0) is 25.1 Å². The minimum Gasteiger partial charge on any atom is -0.478 e. The lowest BCUT2D eigenvalue weighted by atomic mass is 10.0. The van der Waals surface area contributed by atoms with Crippen LogP contribution in [0.3, 0.4) is 0 Å². The molecule has 0 N–H and O–H groups in total. The maximum atomic E-state index is 12.6. The molecule has 114 valence electrons. The number of benzene rings is 2. The molecule has 2 aromatic carbocycles. The van der Waals surface area contributed by atoms with E-state index in [1.165, 1.54) is 13.2 Å². The zero-order valence-electron chi connectivity index (χ0n) is 12.2. The fourth-order valence-corrected chi connectivity index (χ4v) is 2.10. The monoisotopic (exact) mass is 318 g/mol. The van der Waals surface area contributed by atoms with E-state index in [4.69, 9.17) is 16.3 Å². The maximum Gasteiger partial charge on any atom is 0.346 e. The first-order chi connectivity index (χ1) is 10.5. The summed E-state index contributed by atoms with van der Waals surface area (Å²) in [6.45, 7) is 1.55. The van der Waals surface area contributed by atoms with Gasteiger partial charge < -0.3 is 9.47 Å². The molecular formula is C17H15ClO4. The number of hydrogen-bond donors (Lipinski definition) is 0. The van der Waals surface area contributed by atoms with Crippen molar-refractivity contribution in [2.24, 2.45) is 0 Å². The smallest absolute Gasteiger partial charge is 0.346 e. The minimum absolute atomic E-state index is 0.227. The van der Waals surface area contributed by atoms with Gasteiger partial charge in [0, 0.05) is 10.6 Å². The molecule has 1 unspecified atom stereocenters. The van der Waals surface area contributed by atoms with Gasteiger partial charge in [0.05, 0.1) is 12.7 Å². The number of halogens is 1. The van der Waals surface area contributed by atoms with Crippen molar-refractivity contribution in [2.75, 3.05) is 7.11 Å². The topological polar surface area (TPSA) is 52.6 Å². The molecule has 0 spiro atoms. The standard InChI is InChI=1S/C17H15ClO4/c1-11(17(20)21-2)22-15-9-8-13(18)10-14(15)16(19)12-6-4-3-5-7-12/h3-11H,1-2H3. The molecule has 0 saturated heterocycles. The Morgan fingerprint density at radius 2 is 1.77 bits per heavy atom. The van der Waals surface area contributed by atoms with Crippen LogP contribution in [0.15, 0.2) is 48.5 Å². The highest BCUT2D eigenvalue weighted by Gasteiger charge is 2.20. The first kappa shape index (κ1) is 16.0. The number of rotatable bonds is 5. The molecule has 0 aliphatic carbocycles. The summed E-state index contributed by atoms with van der Waals surface area (Å²) in [6, 6.07) is 13.5. The summed E-state index contributed by atoms with van der Waals surface area (Å²) >= 11 is 5.98. The Hall–Kier alpha value is -2.33. The fraction of sp³-hybridized carbons (Fsp3) is 0.176. The molecule has 22 heavy (non-hydrogen) atoms. The third-order valence-corrected chi connectivity index (χ3v) is 3.29. The zero-order valence-corrected chi connectivity index (χ0v) is 13.0. The number of ketones is 1. The second-order valence-electron chi connectivity index (χ2n) is 4.62. The van der Waals surface area contributed by atoms with E-state index >= 15 is 0 Å². The summed E-state index contributed by atoms with van der Waals surface area (Å²) in [5.41, 5.74) is 0.815. The van der Waals surface area contributed by atoms with E-state index in [9.17, 15) is 9.59 Å². The Labute approximate surface area is 133 Å². The van der Waals surface area contributed by atoms with Gasteiger partial charge in [0.15, 0.2) is 11.9 Å². The zero-order chi connectivity index (χ0) is 16.1. The fourth-order valence-electron chi connectivity index (χ4n) is 1.93. The number of carbonyl (C=O) groups is 2. The van der Waals surface area contributed by atoms with E-state index in [0.717, 1.165) is 0 Å². The van der Waals surface area contributed by atoms with Gasteiger partial charge in [-0.3, -0.25) is 4.79 Å². The van der Waals surface area contributed by atoms with Gasteiger partial charge in [0.2, 0.25) is 0 Å². The van der Waals surface area contributed by atoms with E-state index in [2.05, 4.69) is 4.74 Å². The quantitative estimate of drug-likeness (QED) is 0.625. The molecule has 2 aromatic rings. The van der Waals surface area contributed by atoms with E-state index in [1.807, 2.05) is 6.07 Å². The highest BCUT2D eigenvalue weighted by atomic mass is 35.5. The molecule has 0 aliphatic rings. The van der Waals surface area contributed by atoms with Crippen molar-refractivity contribution >= 4 is 23.4 Å². The third-order valence-electron chi connectivity index (χ3n) is 3.06. The highest BCUT2D eigenvalue weighted by molar-refractivity contribution is 6.31. The second kappa shape index (κ2) is 7.09. The molecule has 0 heterocycles. The molecule has 2 rings (SSSR count). The van der Waals surface area contributed by atoms with Crippen molar-refractivity contribution in [3.05, 3.63) is 64.7 Å². The van der Waals surface area contributed by atoms with Crippen LogP contribution in [-0.2, 0) is 9.53 Å². The Bertz CT molecular complexity index is 682. The average Bonchev–Trinajstić information content (AvgIpc) is 2.55. The van der Waals surface area contributed by atoms with E-state index in [1.54, 1.807) is 43.3 Å². The molecular weight excluding hydrogens is 304 g/mol. The Morgan fingerprint density at radius 3 is 2.41 bits per heavy atom. The number of esters is 1. The SMILES string of the molecule is COC(=O)C(C)Oc1ccc(Cl)cc1C(=O)c1ccccc1. The molecule has 0 aliphatic heterocycles. The van der Waals surface area contributed by atoms with Gasteiger partial charge in [0.1, 0.15) is 5.75 Å². The van der Waals surface area contributed by atoms with Crippen LogP contribution in [0.2, 0.25) is 5.02 Å². The van der Waals surface area contributed by atoms with Crippen LogP contribution in [0.25, 0.3) is 0 Å². The number of carbonyl (C=O) groups excluding carboxylic acids is 2. The summed E-state index contributed by atoms with van der Waals surface area (Å²) < 4.78 is 10.2. The molecule has 0 aromatic heterocycles. The second-order valence-corrected chi connectivity index (χ2v) is 5.06. The van der Waals surface area contributed by atoms with Crippen LogP contribution in [-0.4, -0.2) is 25.0 Å². The summed E-state index contributed by atoms with van der Waals surface area (Å²) in [4.78, 5) is 24.1. The maximum absolute atomic E-state index is 12.6. The first-order valence-corrected chi connectivity index (χ1v) is 7.04.